The number of aryl methyl sites for hydroxylation is 2. The standard InChI is InChI=1S/C15H13NS2.C6H12N2O/c1-10-3-4-11(2)15(7-10)18-14-6-5-12(9-16)8-13(14)17;1-5(9)6-4-7-2-3-8-6/h3-8,17H,1-2H3;6-8H,2-4H2,1H3. The highest BCUT2D eigenvalue weighted by atomic mass is 32.2. The number of carbonyl (C=O) groups is 1. The predicted molar refractivity (Wildman–Crippen MR) is 114 cm³/mol. The number of nitriles is 1. The molecular weight excluding hydrogens is 374 g/mol. The second-order valence-electron chi connectivity index (χ2n) is 6.49. The molecule has 27 heavy (non-hydrogen) atoms. The van der Waals surface area contributed by atoms with Crippen molar-refractivity contribution in [2.24, 2.45) is 0 Å². The molecule has 2 N–H and O–H groups in total. The summed E-state index contributed by atoms with van der Waals surface area (Å²) < 4.78 is 0. The molecule has 1 heterocycles. The molecule has 0 radical (unpaired) electrons. The van der Waals surface area contributed by atoms with Gasteiger partial charge < -0.3 is 10.6 Å². The first-order valence-electron chi connectivity index (χ1n) is 8.83. The number of benzene rings is 2. The summed E-state index contributed by atoms with van der Waals surface area (Å²) in [5.74, 6) is 0.224. The van der Waals surface area contributed by atoms with Crippen LogP contribution in [0.5, 0.6) is 0 Å². The Hall–Kier alpha value is -1.78. The predicted octanol–water partition coefficient (Wildman–Crippen LogP) is 3.75. The Labute approximate surface area is 171 Å². The molecule has 0 aliphatic carbocycles. The third kappa shape index (κ3) is 6.71. The van der Waals surface area contributed by atoms with Crippen molar-refractivity contribution >= 4 is 30.2 Å². The average molecular weight is 400 g/mol. The zero-order chi connectivity index (χ0) is 19.8. The third-order valence-electron chi connectivity index (χ3n) is 4.18. The molecule has 0 aromatic heterocycles. The molecule has 4 nitrogen and oxygen atoms in total. The number of ketones is 1. The number of piperazine rings is 1. The van der Waals surface area contributed by atoms with E-state index in [9.17, 15) is 4.79 Å². The summed E-state index contributed by atoms with van der Waals surface area (Å²) in [6.45, 7) is 8.47. The van der Waals surface area contributed by atoms with E-state index < -0.39 is 0 Å². The largest absolute Gasteiger partial charge is 0.313 e. The van der Waals surface area contributed by atoms with Crippen LogP contribution in [-0.4, -0.2) is 31.5 Å². The molecule has 2 aromatic rings. The van der Waals surface area contributed by atoms with Gasteiger partial charge in [0.05, 0.1) is 17.7 Å². The fourth-order valence-corrected chi connectivity index (χ4v) is 3.91. The molecule has 0 bridgehead atoms. The summed E-state index contributed by atoms with van der Waals surface area (Å²) in [6, 6.07) is 14.2. The lowest BCUT2D eigenvalue weighted by atomic mass is 10.2. The number of hydrogen-bond acceptors (Lipinski definition) is 6. The molecule has 142 valence electrons. The quantitative estimate of drug-likeness (QED) is 0.686. The van der Waals surface area contributed by atoms with Crippen LogP contribution in [0.25, 0.3) is 0 Å². The van der Waals surface area contributed by atoms with E-state index in [0.717, 1.165) is 29.4 Å². The van der Waals surface area contributed by atoms with Crippen molar-refractivity contribution in [3.63, 3.8) is 0 Å². The van der Waals surface area contributed by atoms with Crippen LogP contribution >= 0.6 is 24.4 Å². The molecule has 1 unspecified atom stereocenters. The molecule has 6 heteroatoms. The highest BCUT2D eigenvalue weighted by Crippen LogP contribution is 2.35. The first-order chi connectivity index (χ1) is 12.9. The van der Waals surface area contributed by atoms with Crippen molar-refractivity contribution in [1.82, 2.24) is 10.6 Å². The van der Waals surface area contributed by atoms with Crippen LogP contribution in [0.4, 0.5) is 0 Å². The third-order valence-corrected chi connectivity index (χ3v) is 5.94. The van der Waals surface area contributed by atoms with E-state index in [1.165, 1.54) is 16.0 Å². The Morgan fingerprint density at radius 1 is 1.19 bits per heavy atom. The molecular formula is C21H25N3OS2. The van der Waals surface area contributed by atoms with Crippen LogP contribution in [0.15, 0.2) is 51.1 Å². The topological polar surface area (TPSA) is 64.9 Å². The number of Topliss-reactive ketones (excluding diaryl/α,β-unsaturated/α-hetero) is 1. The highest BCUT2D eigenvalue weighted by Gasteiger charge is 2.15. The van der Waals surface area contributed by atoms with E-state index in [1.807, 2.05) is 12.1 Å². The number of rotatable bonds is 3. The lowest BCUT2D eigenvalue weighted by Gasteiger charge is -2.21. The zero-order valence-corrected chi connectivity index (χ0v) is 17.6. The molecule has 0 saturated carbocycles. The first kappa shape index (κ1) is 21.5. The van der Waals surface area contributed by atoms with E-state index in [1.54, 1.807) is 24.8 Å². The summed E-state index contributed by atoms with van der Waals surface area (Å²) in [6.07, 6.45) is 0. The molecule has 0 spiro atoms. The van der Waals surface area contributed by atoms with E-state index in [2.05, 4.69) is 61.4 Å². The SMILES string of the molecule is CC(=O)C1CNCCN1.Cc1ccc(C)c(Sc2ccc(C#N)cc2S)c1. The summed E-state index contributed by atoms with van der Waals surface area (Å²) >= 11 is 6.13. The lowest BCUT2D eigenvalue weighted by molar-refractivity contribution is -0.119. The van der Waals surface area contributed by atoms with E-state index in [0.29, 0.717) is 5.56 Å². The van der Waals surface area contributed by atoms with Gasteiger partial charge in [-0.25, -0.2) is 0 Å². The second-order valence-corrected chi connectivity index (χ2v) is 8.05. The average Bonchev–Trinajstić information content (AvgIpc) is 2.67. The Morgan fingerprint density at radius 3 is 2.52 bits per heavy atom. The van der Waals surface area contributed by atoms with Crippen molar-refractivity contribution < 1.29 is 4.79 Å². The van der Waals surface area contributed by atoms with Crippen LogP contribution < -0.4 is 10.6 Å². The molecule has 1 atom stereocenters. The molecule has 1 saturated heterocycles. The van der Waals surface area contributed by atoms with Crippen molar-refractivity contribution in [3.8, 4) is 6.07 Å². The number of thiol groups is 1. The summed E-state index contributed by atoms with van der Waals surface area (Å²) in [7, 11) is 0. The Balaban J connectivity index is 0.000000244. The van der Waals surface area contributed by atoms with Gasteiger partial charge in [-0.2, -0.15) is 5.26 Å². The minimum absolute atomic E-state index is 0.0544. The number of nitrogens with zero attached hydrogens (tertiary/aromatic N) is 1. The molecule has 1 aliphatic rings. The zero-order valence-electron chi connectivity index (χ0n) is 15.9. The summed E-state index contributed by atoms with van der Waals surface area (Å²) in [5.41, 5.74) is 3.14. The van der Waals surface area contributed by atoms with Crippen LogP contribution in [0.1, 0.15) is 23.6 Å². The molecule has 1 fully saturated rings. The van der Waals surface area contributed by atoms with Crippen molar-refractivity contribution in [2.75, 3.05) is 19.6 Å². The Bertz CT molecular complexity index is 840. The van der Waals surface area contributed by atoms with E-state index >= 15 is 0 Å². The second kappa shape index (κ2) is 10.5. The number of hydrogen-bond donors (Lipinski definition) is 3. The Morgan fingerprint density at radius 2 is 1.96 bits per heavy atom. The van der Waals surface area contributed by atoms with Gasteiger partial charge in [0.15, 0.2) is 0 Å². The van der Waals surface area contributed by atoms with Crippen molar-refractivity contribution in [2.45, 2.75) is 41.5 Å². The Kier molecular flexibility index (Phi) is 8.39. The van der Waals surface area contributed by atoms with E-state index in [-0.39, 0.29) is 11.8 Å². The van der Waals surface area contributed by atoms with Gasteiger partial charge in [-0.15, -0.1) is 12.6 Å². The van der Waals surface area contributed by atoms with Gasteiger partial charge in [0.2, 0.25) is 0 Å². The normalized spacial score (nSPS) is 16.0. The maximum Gasteiger partial charge on any atom is 0.147 e. The van der Waals surface area contributed by atoms with Gasteiger partial charge in [-0.05, 0) is 56.2 Å². The maximum absolute atomic E-state index is 10.7. The van der Waals surface area contributed by atoms with Crippen LogP contribution in [0, 0.1) is 25.2 Å². The smallest absolute Gasteiger partial charge is 0.147 e. The minimum Gasteiger partial charge on any atom is -0.313 e. The van der Waals surface area contributed by atoms with Gasteiger partial charge in [0.1, 0.15) is 5.78 Å². The first-order valence-corrected chi connectivity index (χ1v) is 10.1. The van der Waals surface area contributed by atoms with Crippen molar-refractivity contribution in [1.29, 1.82) is 5.26 Å². The number of carbonyl (C=O) groups excluding carboxylic acids is 1. The maximum atomic E-state index is 10.7. The van der Waals surface area contributed by atoms with Crippen LogP contribution in [0.3, 0.4) is 0 Å². The van der Waals surface area contributed by atoms with Crippen LogP contribution in [-0.2, 0) is 4.79 Å². The van der Waals surface area contributed by atoms with Gasteiger partial charge in [-0.3, -0.25) is 4.79 Å². The van der Waals surface area contributed by atoms with Gasteiger partial charge in [-0.1, -0.05) is 23.9 Å². The van der Waals surface area contributed by atoms with Crippen LogP contribution in [0.2, 0.25) is 0 Å². The van der Waals surface area contributed by atoms with E-state index in [4.69, 9.17) is 5.26 Å². The minimum atomic E-state index is 0.0544. The molecule has 1 aliphatic heterocycles. The van der Waals surface area contributed by atoms with Gasteiger partial charge >= 0.3 is 0 Å². The number of nitrogens with one attached hydrogen (secondary N) is 2. The highest BCUT2D eigenvalue weighted by molar-refractivity contribution is 7.99. The van der Waals surface area contributed by atoms with Crippen molar-refractivity contribution in [3.05, 3.63) is 53.1 Å². The summed E-state index contributed by atoms with van der Waals surface area (Å²) in [5, 5.41) is 15.1. The lowest BCUT2D eigenvalue weighted by Crippen LogP contribution is -2.51. The molecule has 2 aromatic carbocycles. The summed E-state index contributed by atoms with van der Waals surface area (Å²) in [4.78, 5) is 13.8. The monoisotopic (exact) mass is 399 g/mol. The molecule has 3 rings (SSSR count). The molecule has 0 amide bonds. The fourth-order valence-electron chi connectivity index (χ4n) is 2.55. The van der Waals surface area contributed by atoms with Gasteiger partial charge in [0.25, 0.3) is 0 Å². The van der Waals surface area contributed by atoms with Gasteiger partial charge in [0, 0.05) is 34.3 Å². The fraction of sp³-hybridized carbons (Fsp3) is 0.333.